The van der Waals surface area contributed by atoms with Crippen LogP contribution in [0.2, 0.25) is 0 Å². The van der Waals surface area contributed by atoms with Crippen molar-refractivity contribution in [2.45, 2.75) is 25.1 Å². The van der Waals surface area contributed by atoms with Gasteiger partial charge in [0.2, 0.25) is 10.0 Å². The molecule has 0 unspecified atom stereocenters. The molecule has 2 heterocycles. The predicted molar refractivity (Wildman–Crippen MR) is 91.9 cm³/mol. The van der Waals surface area contributed by atoms with E-state index in [-0.39, 0.29) is 11.8 Å². The first-order valence-corrected chi connectivity index (χ1v) is 9.76. The van der Waals surface area contributed by atoms with Crippen LogP contribution in [-0.2, 0) is 34.0 Å². The second-order valence-electron chi connectivity index (χ2n) is 5.96. The zero-order valence-electron chi connectivity index (χ0n) is 14.1. The second-order valence-corrected chi connectivity index (χ2v) is 7.88. The van der Waals surface area contributed by atoms with Gasteiger partial charge in [-0.3, -0.25) is 4.68 Å². The number of nitrogens with zero attached hydrogens (tertiary/aromatic N) is 3. The summed E-state index contributed by atoms with van der Waals surface area (Å²) in [5.41, 5.74) is 2.84. The number of sulfonamides is 1. The summed E-state index contributed by atoms with van der Waals surface area (Å²) < 4.78 is 35.0. The van der Waals surface area contributed by atoms with Gasteiger partial charge in [-0.25, -0.2) is 8.42 Å². The van der Waals surface area contributed by atoms with E-state index in [1.807, 2.05) is 50.5 Å². The Morgan fingerprint density at radius 3 is 2.75 bits per heavy atom. The molecular weight excluding hydrogens is 326 g/mol. The molecule has 0 radical (unpaired) electrons. The molecule has 0 aliphatic carbocycles. The van der Waals surface area contributed by atoms with Crippen LogP contribution in [0.1, 0.15) is 29.8 Å². The highest BCUT2D eigenvalue weighted by Gasteiger charge is 2.37. The summed E-state index contributed by atoms with van der Waals surface area (Å²) in [6.45, 7) is 3.27. The van der Waals surface area contributed by atoms with Gasteiger partial charge in [-0.1, -0.05) is 30.3 Å². The fourth-order valence-electron chi connectivity index (χ4n) is 3.23. The first kappa shape index (κ1) is 17.1. The molecule has 1 aliphatic rings. The third kappa shape index (κ3) is 3.38. The predicted octanol–water partition coefficient (Wildman–Crippen LogP) is 1.89. The largest absolute Gasteiger partial charge is 0.380 e. The quantitative estimate of drug-likeness (QED) is 0.799. The Morgan fingerprint density at radius 1 is 1.29 bits per heavy atom. The van der Waals surface area contributed by atoms with Crippen LogP contribution in [0.25, 0.3) is 0 Å². The number of rotatable bonds is 6. The number of ether oxygens (including phenoxy) is 1. The van der Waals surface area contributed by atoms with Crippen LogP contribution in [0.3, 0.4) is 0 Å². The average molecular weight is 349 g/mol. The maximum atomic E-state index is 13.0. The number of aromatic nitrogens is 2. The molecule has 24 heavy (non-hydrogen) atoms. The van der Waals surface area contributed by atoms with Crippen LogP contribution in [0, 0.1) is 0 Å². The third-order valence-electron chi connectivity index (χ3n) is 4.36. The van der Waals surface area contributed by atoms with Gasteiger partial charge in [0.1, 0.15) is 0 Å². The molecule has 1 aliphatic heterocycles. The molecule has 0 bridgehead atoms. The SMILES string of the molecule is CCOC[C@@H]1c2c(cnn2C)CCN1S(=O)(=O)Cc1ccccc1. The van der Waals surface area contributed by atoms with Crippen molar-refractivity contribution in [3.8, 4) is 0 Å². The number of fused-ring (bicyclic) bond motifs is 1. The fraction of sp³-hybridized carbons (Fsp3) is 0.471. The highest BCUT2D eigenvalue weighted by Crippen LogP contribution is 2.32. The standard InChI is InChI=1S/C17H23N3O3S/c1-3-23-12-16-17-15(11-18-19(17)2)9-10-20(16)24(21,22)13-14-7-5-4-6-8-14/h4-8,11,16H,3,9-10,12-13H2,1-2H3/t16-/m1/s1. The zero-order valence-corrected chi connectivity index (χ0v) is 14.9. The van der Waals surface area contributed by atoms with Gasteiger partial charge in [0.05, 0.1) is 30.3 Å². The minimum atomic E-state index is -3.44. The van der Waals surface area contributed by atoms with Crippen molar-refractivity contribution in [2.75, 3.05) is 19.8 Å². The minimum Gasteiger partial charge on any atom is -0.380 e. The number of aryl methyl sites for hydroxylation is 1. The van der Waals surface area contributed by atoms with Gasteiger partial charge in [-0.15, -0.1) is 0 Å². The van der Waals surface area contributed by atoms with E-state index in [0.717, 1.165) is 16.8 Å². The lowest BCUT2D eigenvalue weighted by molar-refractivity contribution is 0.0904. The topological polar surface area (TPSA) is 64.4 Å². The summed E-state index contributed by atoms with van der Waals surface area (Å²) in [4.78, 5) is 0. The van der Waals surface area contributed by atoms with Crippen molar-refractivity contribution >= 4 is 10.0 Å². The Balaban J connectivity index is 1.91. The van der Waals surface area contributed by atoms with E-state index in [0.29, 0.717) is 26.2 Å². The fourth-order valence-corrected chi connectivity index (χ4v) is 4.93. The normalized spacial score (nSPS) is 18.5. The molecule has 1 atom stereocenters. The Bertz CT molecular complexity index is 787. The summed E-state index contributed by atoms with van der Waals surface area (Å²) in [5, 5.41) is 4.30. The van der Waals surface area contributed by atoms with Gasteiger partial charge in [0.15, 0.2) is 0 Å². The van der Waals surface area contributed by atoms with Crippen LogP contribution >= 0.6 is 0 Å². The molecule has 1 aromatic carbocycles. The lowest BCUT2D eigenvalue weighted by atomic mass is 10.0. The Labute approximate surface area is 143 Å². The molecule has 0 amide bonds. The van der Waals surface area contributed by atoms with Crippen molar-refractivity contribution in [2.24, 2.45) is 7.05 Å². The van der Waals surface area contributed by atoms with Crippen LogP contribution in [0.15, 0.2) is 36.5 Å². The van der Waals surface area contributed by atoms with E-state index >= 15 is 0 Å². The summed E-state index contributed by atoms with van der Waals surface area (Å²) >= 11 is 0. The molecule has 1 aromatic heterocycles. The maximum Gasteiger partial charge on any atom is 0.218 e. The van der Waals surface area contributed by atoms with E-state index in [4.69, 9.17) is 4.74 Å². The van der Waals surface area contributed by atoms with E-state index in [2.05, 4.69) is 5.10 Å². The molecule has 0 fully saturated rings. The van der Waals surface area contributed by atoms with E-state index in [9.17, 15) is 8.42 Å². The zero-order chi connectivity index (χ0) is 17.2. The molecule has 3 rings (SSSR count). The molecule has 6 nitrogen and oxygen atoms in total. The molecule has 2 aromatic rings. The molecule has 0 saturated carbocycles. The summed E-state index contributed by atoms with van der Waals surface area (Å²) in [6.07, 6.45) is 2.51. The number of hydrogen-bond donors (Lipinski definition) is 0. The summed E-state index contributed by atoms with van der Waals surface area (Å²) in [6, 6.07) is 8.96. The van der Waals surface area contributed by atoms with Crippen LogP contribution in [-0.4, -0.2) is 42.3 Å². The van der Waals surface area contributed by atoms with Gasteiger partial charge in [0.25, 0.3) is 0 Å². The van der Waals surface area contributed by atoms with Crippen LogP contribution in [0.5, 0.6) is 0 Å². The lowest BCUT2D eigenvalue weighted by Crippen LogP contribution is -2.43. The summed E-state index contributed by atoms with van der Waals surface area (Å²) in [5.74, 6) is 0.00362. The van der Waals surface area contributed by atoms with Gasteiger partial charge in [0, 0.05) is 20.2 Å². The Hall–Kier alpha value is -1.70. The lowest BCUT2D eigenvalue weighted by Gasteiger charge is -2.35. The van der Waals surface area contributed by atoms with Crippen molar-refractivity contribution in [3.63, 3.8) is 0 Å². The first-order chi connectivity index (χ1) is 11.5. The smallest absolute Gasteiger partial charge is 0.218 e. The number of benzene rings is 1. The van der Waals surface area contributed by atoms with Gasteiger partial charge < -0.3 is 4.74 Å². The molecule has 0 saturated heterocycles. The van der Waals surface area contributed by atoms with Crippen LogP contribution in [0.4, 0.5) is 0 Å². The Kier molecular flexibility index (Phi) is 5.03. The van der Waals surface area contributed by atoms with Gasteiger partial charge >= 0.3 is 0 Å². The van der Waals surface area contributed by atoms with Crippen molar-refractivity contribution in [1.82, 2.24) is 14.1 Å². The molecule has 7 heteroatoms. The van der Waals surface area contributed by atoms with Crippen LogP contribution < -0.4 is 0 Å². The van der Waals surface area contributed by atoms with Crippen molar-refractivity contribution in [1.29, 1.82) is 0 Å². The first-order valence-electron chi connectivity index (χ1n) is 8.15. The minimum absolute atomic E-state index is 0.00362. The highest BCUT2D eigenvalue weighted by atomic mass is 32.2. The second kappa shape index (κ2) is 7.04. The molecular formula is C17H23N3O3S. The van der Waals surface area contributed by atoms with Crippen molar-refractivity contribution in [3.05, 3.63) is 53.3 Å². The molecule has 0 N–H and O–H groups in total. The maximum absolute atomic E-state index is 13.0. The molecule has 0 spiro atoms. The van der Waals surface area contributed by atoms with Crippen molar-refractivity contribution < 1.29 is 13.2 Å². The van der Waals surface area contributed by atoms with Gasteiger partial charge in [-0.05, 0) is 24.5 Å². The monoisotopic (exact) mass is 349 g/mol. The summed E-state index contributed by atoms with van der Waals surface area (Å²) in [7, 11) is -1.59. The van der Waals surface area contributed by atoms with E-state index in [1.54, 1.807) is 8.99 Å². The van der Waals surface area contributed by atoms with Gasteiger partial charge in [-0.2, -0.15) is 9.40 Å². The molecule has 130 valence electrons. The third-order valence-corrected chi connectivity index (χ3v) is 6.21. The number of hydrogen-bond acceptors (Lipinski definition) is 4. The highest BCUT2D eigenvalue weighted by molar-refractivity contribution is 7.88. The Morgan fingerprint density at radius 2 is 2.04 bits per heavy atom. The van der Waals surface area contributed by atoms with E-state index < -0.39 is 10.0 Å². The average Bonchev–Trinajstić information content (AvgIpc) is 2.94. The van der Waals surface area contributed by atoms with E-state index in [1.165, 1.54) is 0 Å².